The van der Waals surface area contributed by atoms with Gasteiger partial charge in [0.2, 0.25) is 10.0 Å². The molecule has 0 aromatic heterocycles. The summed E-state index contributed by atoms with van der Waals surface area (Å²) in [5.74, 6) is 0. The quantitative estimate of drug-likeness (QED) is 0.649. The lowest BCUT2D eigenvalue weighted by atomic mass is 10.1. The Balaban J connectivity index is 2.30. The van der Waals surface area contributed by atoms with E-state index in [-0.39, 0.29) is 11.0 Å². The number of primary sulfonamides is 1. The predicted octanol–water partition coefficient (Wildman–Crippen LogP) is -0.123. The number of aliphatic hydroxyl groups is 1. The van der Waals surface area contributed by atoms with Crippen LogP contribution in [0.2, 0.25) is 0 Å². The van der Waals surface area contributed by atoms with Crippen LogP contribution in [-0.2, 0) is 10.0 Å². The van der Waals surface area contributed by atoms with Crippen molar-refractivity contribution in [1.82, 2.24) is 0 Å². The SMILES string of the molecule is Nc1cc(S(N)(=O)=O)ccc1N1CCCC(O)C1. The van der Waals surface area contributed by atoms with E-state index in [9.17, 15) is 13.5 Å². The molecule has 0 amide bonds. The molecule has 1 unspecified atom stereocenters. The fraction of sp³-hybridized carbons (Fsp3) is 0.455. The molecule has 18 heavy (non-hydrogen) atoms. The summed E-state index contributed by atoms with van der Waals surface area (Å²) in [6.45, 7) is 1.31. The maximum absolute atomic E-state index is 11.2. The second-order valence-corrected chi connectivity index (χ2v) is 6.07. The summed E-state index contributed by atoms with van der Waals surface area (Å²) in [4.78, 5) is 1.96. The van der Waals surface area contributed by atoms with Crippen molar-refractivity contribution in [2.75, 3.05) is 23.7 Å². The highest BCUT2D eigenvalue weighted by molar-refractivity contribution is 7.89. The van der Waals surface area contributed by atoms with E-state index in [1.807, 2.05) is 4.90 Å². The van der Waals surface area contributed by atoms with Gasteiger partial charge in [0.25, 0.3) is 0 Å². The molecule has 1 heterocycles. The summed E-state index contributed by atoms with van der Waals surface area (Å²) in [6, 6.07) is 4.42. The molecular formula is C11H17N3O3S. The summed E-state index contributed by atoms with van der Waals surface area (Å²) in [5, 5.41) is 14.7. The molecular weight excluding hydrogens is 254 g/mol. The maximum Gasteiger partial charge on any atom is 0.238 e. The van der Waals surface area contributed by atoms with E-state index in [0.717, 1.165) is 25.1 Å². The molecule has 7 heteroatoms. The first-order valence-corrected chi connectivity index (χ1v) is 7.28. The second kappa shape index (κ2) is 4.75. The number of aliphatic hydroxyl groups excluding tert-OH is 1. The van der Waals surface area contributed by atoms with E-state index in [0.29, 0.717) is 12.2 Å². The first-order chi connectivity index (χ1) is 8.38. The largest absolute Gasteiger partial charge is 0.397 e. The van der Waals surface area contributed by atoms with Gasteiger partial charge in [-0.1, -0.05) is 0 Å². The number of β-amino-alcohol motifs (C(OH)–C–C–N with tert-alkyl or cyclic N) is 1. The number of nitrogens with zero attached hydrogens (tertiary/aromatic N) is 1. The van der Waals surface area contributed by atoms with Gasteiger partial charge < -0.3 is 15.7 Å². The van der Waals surface area contributed by atoms with Gasteiger partial charge in [0.15, 0.2) is 0 Å². The number of nitrogen functional groups attached to an aromatic ring is 1. The number of piperidine rings is 1. The number of nitrogens with two attached hydrogens (primary N) is 2. The standard InChI is InChI=1S/C11H17N3O3S/c12-10-6-9(18(13,16)17)3-4-11(10)14-5-1-2-8(15)7-14/h3-4,6,8,15H,1-2,5,7,12H2,(H2,13,16,17). The minimum Gasteiger partial charge on any atom is -0.397 e. The number of hydrogen-bond acceptors (Lipinski definition) is 5. The molecule has 1 saturated heterocycles. The first-order valence-electron chi connectivity index (χ1n) is 5.73. The van der Waals surface area contributed by atoms with Crippen molar-refractivity contribution in [3.8, 4) is 0 Å². The third kappa shape index (κ3) is 2.74. The Morgan fingerprint density at radius 1 is 1.39 bits per heavy atom. The molecule has 1 aromatic carbocycles. The molecule has 1 atom stereocenters. The van der Waals surface area contributed by atoms with Crippen molar-refractivity contribution in [2.45, 2.75) is 23.8 Å². The third-order valence-corrected chi connectivity index (χ3v) is 3.98. The van der Waals surface area contributed by atoms with Gasteiger partial charge in [-0.3, -0.25) is 0 Å². The van der Waals surface area contributed by atoms with E-state index < -0.39 is 10.0 Å². The van der Waals surface area contributed by atoms with Gasteiger partial charge in [-0.25, -0.2) is 13.6 Å². The van der Waals surface area contributed by atoms with Crippen LogP contribution in [0.15, 0.2) is 23.1 Å². The van der Waals surface area contributed by atoms with Gasteiger partial charge in [-0.2, -0.15) is 0 Å². The average molecular weight is 271 g/mol. The van der Waals surface area contributed by atoms with Crippen molar-refractivity contribution < 1.29 is 13.5 Å². The lowest BCUT2D eigenvalue weighted by Gasteiger charge is -2.32. The highest BCUT2D eigenvalue weighted by atomic mass is 32.2. The molecule has 1 aliphatic heterocycles. The average Bonchev–Trinajstić information content (AvgIpc) is 2.27. The Labute approximate surface area is 106 Å². The summed E-state index contributed by atoms with van der Waals surface area (Å²) in [7, 11) is -3.73. The molecule has 0 radical (unpaired) electrons. The van der Waals surface area contributed by atoms with Crippen LogP contribution >= 0.6 is 0 Å². The van der Waals surface area contributed by atoms with Gasteiger partial charge >= 0.3 is 0 Å². The highest BCUT2D eigenvalue weighted by Gasteiger charge is 2.20. The molecule has 0 saturated carbocycles. The fourth-order valence-corrected chi connectivity index (χ4v) is 2.72. The Bertz CT molecular complexity index is 544. The van der Waals surface area contributed by atoms with Crippen LogP contribution in [0.1, 0.15) is 12.8 Å². The minimum absolute atomic E-state index is 0.00121. The van der Waals surface area contributed by atoms with Gasteiger partial charge in [-0.15, -0.1) is 0 Å². The summed E-state index contributed by atoms with van der Waals surface area (Å²) in [6.07, 6.45) is 1.31. The van der Waals surface area contributed by atoms with E-state index >= 15 is 0 Å². The van der Waals surface area contributed by atoms with E-state index in [1.165, 1.54) is 12.1 Å². The van der Waals surface area contributed by atoms with Crippen LogP contribution in [0.3, 0.4) is 0 Å². The zero-order chi connectivity index (χ0) is 13.3. The monoisotopic (exact) mass is 271 g/mol. The predicted molar refractivity (Wildman–Crippen MR) is 69.7 cm³/mol. The van der Waals surface area contributed by atoms with Crippen molar-refractivity contribution >= 4 is 21.4 Å². The van der Waals surface area contributed by atoms with Crippen LogP contribution in [0.5, 0.6) is 0 Å². The molecule has 1 aromatic rings. The molecule has 2 rings (SSSR count). The van der Waals surface area contributed by atoms with Crippen molar-refractivity contribution in [1.29, 1.82) is 0 Å². The zero-order valence-electron chi connectivity index (χ0n) is 9.91. The number of rotatable bonds is 2. The van der Waals surface area contributed by atoms with Crippen molar-refractivity contribution in [2.24, 2.45) is 5.14 Å². The Hall–Kier alpha value is -1.31. The fourth-order valence-electron chi connectivity index (χ4n) is 2.17. The van der Waals surface area contributed by atoms with E-state index in [4.69, 9.17) is 10.9 Å². The van der Waals surface area contributed by atoms with Crippen molar-refractivity contribution in [3.63, 3.8) is 0 Å². The number of anilines is 2. The highest BCUT2D eigenvalue weighted by Crippen LogP contribution is 2.28. The van der Waals surface area contributed by atoms with Crippen LogP contribution in [0.4, 0.5) is 11.4 Å². The minimum atomic E-state index is -3.73. The topological polar surface area (TPSA) is 110 Å². The molecule has 1 fully saturated rings. The maximum atomic E-state index is 11.2. The molecule has 6 nitrogen and oxygen atoms in total. The molecule has 1 aliphatic rings. The first kappa shape index (κ1) is 13.1. The van der Waals surface area contributed by atoms with Gasteiger partial charge in [-0.05, 0) is 31.0 Å². The number of hydrogen-bond donors (Lipinski definition) is 3. The molecule has 0 bridgehead atoms. The zero-order valence-corrected chi connectivity index (χ0v) is 10.7. The Morgan fingerprint density at radius 3 is 2.67 bits per heavy atom. The van der Waals surface area contributed by atoms with Crippen LogP contribution in [-0.4, -0.2) is 32.7 Å². The molecule has 100 valence electrons. The van der Waals surface area contributed by atoms with Crippen LogP contribution < -0.4 is 15.8 Å². The second-order valence-electron chi connectivity index (χ2n) is 4.51. The van der Waals surface area contributed by atoms with Gasteiger partial charge in [0, 0.05) is 13.1 Å². The van der Waals surface area contributed by atoms with Crippen LogP contribution in [0, 0.1) is 0 Å². The summed E-state index contributed by atoms with van der Waals surface area (Å²) >= 11 is 0. The molecule has 5 N–H and O–H groups in total. The normalized spacial score (nSPS) is 21.0. The molecule has 0 aliphatic carbocycles. The van der Waals surface area contributed by atoms with Crippen LogP contribution in [0.25, 0.3) is 0 Å². The number of sulfonamides is 1. The Morgan fingerprint density at radius 2 is 2.11 bits per heavy atom. The number of benzene rings is 1. The van der Waals surface area contributed by atoms with Gasteiger partial charge in [0.05, 0.1) is 22.4 Å². The Kier molecular flexibility index (Phi) is 3.47. The summed E-state index contributed by atoms with van der Waals surface area (Å²) < 4.78 is 22.4. The van der Waals surface area contributed by atoms with E-state index in [1.54, 1.807) is 6.07 Å². The lowest BCUT2D eigenvalue weighted by Crippen LogP contribution is -2.38. The smallest absolute Gasteiger partial charge is 0.238 e. The summed E-state index contributed by atoms with van der Waals surface area (Å²) in [5.41, 5.74) is 6.95. The molecule has 0 spiro atoms. The van der Waals surface area contributed by atoms with E-state index in [2.05, 4.69) is 0 Å². The van der Waals surface area contributed by atoms with Gasteiger partial charge in [0.1, 0.15) is 0 Å². The lowest BCUT2D eigenvalue weighted by molar-refractivity contribution is 0.154. The third-order valence-electron chi connectivity index (χ3n) is 3.06. The van der Waals surface area contributed by atoms with Crippen molar-refractivity contribution in [3.05, 3.63) is 18.2 Å².